The van der Waals surface area contributed by atoms with Crippen LogP contribution in [-0.2, 0) is 14.6 Å². The molecule has 1 fully saturated rings. The molecule has 70 valence electrons. The molecule has 1 aliphatic heterocycles. The Morgan fingerprint density at radius 1 is 1.58 bits per heavy atom. The Morgan fingerprint density at radius 3 is 2.50 bits per heavy atom. The van der Waals surface area contributed by atoms with Crippen molar-refractivity contribution in [1.29, 1.82) is 0 Å². The quantitative estimate of drug-likeness (QED) is 0.682. The SMILES string of the molecule is CC1(CC(=O)O)CCS(=O)(=O)C1. The Labute approximate surface area is 71.5 Å². The van der Waals surface area contributed by atoms with Crippen LogP contribution in [0.15, 0.2) is 0 Å². The maximum absolute atomic E-state index is 11.0. The van der Waals surface area contributed by atoms with E-state index in [2.05, 4.69) is 0 Å². The molecule has 12 heavy (non-hydrogen) atoms. The Hall–Kier alpha value is -0.580. The molecule has 5 heteroatoms. The van der Waals surface area contributed by atoms with Crippen LogP contribution in [0.25, 0.3) is 0 Å². The lowest BCUT2D eigenvalue weighted by Gasteiger charge is -2.18. The summed E-state index contributed by atoms with van der Waals surface area (Å²) in [5.74, 6) is -0.766. The van der Waals surface area contributed by atoms with Gasteiger partial charge in [-0.3, -0.25) is 4.79 Å². The Bertz CT molecular complexity index is 293. The minimum absolute atomic E-state index is 0.0201. The molecule has 4 nitrogen and oxygen atoms in total. The van der Waals surface area contributed by atoms with Crippen LogP contribution in [0.3, 0.4) is 0 Å². The first-order chi connectivity index (χ1) is 5.33. The molecule has 1 atom stereocenters. The third-order valence-corrected chi connectivity index (χ3v) is 4.13. The lowest BCUT2D eigenvalue weighted by atomic mass is 9.87. The second kappa shape index (κ2) is 2.73. The fourth-order valence-corrected chi connectivity index (χ4v) is 3.84. The van der Waals surface area contributed by atoms with E-state index in [1.54, 1.807) is 6.92 Å². The molecule has 1 heterocycles. The number of sulfone groups is 1. The lowest BCUT2D eigenvalue weighted by Crippen LogP contribution is -2.21. The molecule has 0 aromatic heterocycles. The summed E-state index contributed by atoms with van der Waals surface area (Å²) in [5.41, 5.74) is -0.537. The van der Waals surface area contributed by atoms with Crippen molar-refractivity contribution >= 4 is 15.8 Å². The van der Waals surface area contributed by atoms with Gasteiger partial charge in [-0.1, -0.05) is 6.92 Å². The standard InChI is InChI=1S/C7H12O4S/c1-7(4-6(8)9)2-3-12(10,11)5-7/h2-5H2,1H3,(H,8,9). The number of rotatable bonds is 2. The molecule has 0 amide bonds. The number of aliphatic carboxylic acids is 1. The summed E-state index contributed by atoms with van der Waals surface area (Å²) in [5, 5.41) is 8.51. The zero-order valence-corrected chi connectivity index (χ0v) is 7.73. The third-order valence-electron chi connectivity index (χ3n) is 2.16. The molecule has 0 aliphatic carbocycles. The van der Waals surface area contributed by atoms with Crippen molar-refractivity contribution < 1.29 is 18.3 Å². The van der Waals surface area contributed by atoms with E-state index in [9.17, 15) is 13.2 Å². The largest absolute Gasteiger partial charge is 0.481 e. The van der Waals surface area contributed by atoms with Crippen LogP contribution >= 0.6 is 0 Å². The Balaban J connectivity index is 2.71. The molecular formula is C7H12O4S. The van der Waals surface area contributed by atoms with Crippen molar-refractivity contribution in [1.82, 2.24) is 0 Å². The summed E-state index contributed by atoms with van der Waals surface area (Å²) in [7, 11) is -2.96. The average Bonchev–Trinajstić information content (AvgIpc) is 2.03. The van der Waals surface area contributed by atoms with Gasteiger partial charge in [0.15, 0.2) is 9.84 Å². The summed E-state index contributed by atoms with van der Waals surface area (Å²) in [6.45, 7) is 1.71. The highest BCUT2D eigenvalue weighted by Gasteiger charge is 2.39. The highest BCUT2D eigenvalue weighted by atomic mass is 32.2. The van der Waals surface area contributed by atoms with Crippen molar-refractivity contribution in [3.05, 3.63) is 0 Å². The topological polar surface area (TPSA) is 71.4 Å². The van der Waals surface area contributed by atoms with Gasteiger partial charge < -0.3 is 5.11 Å². The van der Waals surface area contributed by atoms with E-state index in [1.165, 1.54) is 0 Å². The monoisotopic (exact) mass is 192 g/mol. The van der Waals surface area contributed by atoms with Crippen LogP contribution < -0.4 is 0 Å². The summed E-state index contributed by atoms with van der Waals surface area (Å²) >= 11 is 0. The highest BCUT2D eigenvalue weighted by molar-refractivity contribution is 7.91. The summed E-state index contributed by atoms with van der Waals surface area (Å²) in [6.07, 6.45) is 0.424. The molecule has 1 unspecified atom stereocenters. The summed E-state index contributed by atoms with van der Waals surface area (Å²) in [4.78, 5) is 10.4. The average molecular weight is 192 g/mol. The van der Waals surface area contributed by atoms with Crippen LogP contribution in [-0.4, -0.2) is 31.0 Å². The van der Waals surface area contributed by atoms with Crippen LogP contribution in [0.1, 0.15) is 19.8 Å². The van der Waals surface area contributed by atoms with E-state index in [0.717, 1.165) is 0 Å². The molecule has 1 aliphatic rings. The fourth-order valence-electron chi connectivity index (χ4n) is 1.58. The minimum Gasteiger partial charge on any atom is -0.481 e. The molecule has 0 spiro atoms. The first kappa shape index (κ1) is 9.51. The Kier molecular flexibility index (Phi) is 2.16. The normalized spacial score (nSPS) is 33.4. The summed E-state index contributed by atoms with van der Waals surface area (Å²) in [6, 6.07) is 0. The number of hydrogen-bond donors (Lipinski definition) is 1. The van der Waals surface area contributed by atoms with Gasteiger partial charge in [-0.2, -0.15) is 0 Å². The number of carboxylic acids is 1. The maximum atomic E-state index is 11.0. The fraction of sp³-hybridized carbons (Fsp3) is 0.857. The van der Waals surface area contributed by atoms with Gasteiger partial charge in [0.05, 0.1) is 17.9 Å². The molecule has 0 aromatic carbocycles. The zero-order chi connectivity index (χ0) is 9.41. The highest BCUT2D eigenvalue weighted by Crippen LogP contribution is 2.34. The predicted molar refractivity (Wildman–Crippen MR) is 43.6 cm³/mol. The zero-order valence-electron chi connectivity index (χ0n) is 6.91. The van der Waals surface area contributed by atoms with Crippen molar-refractivity contribution in [2.75, 3.05) is 11.5 Å². The molecule has 0 bridgehead atoms. The van der Waals surface area contributed by atoms with E-state index in [0.29, 0.717) is 6.42 Å². The molecule has 0 aromatic rings. The second-order valence-electron chi connectivity index (χ2n) is 3.72. The van der Waals surface area contributed by atoms with Crippen molar-refractivity contribution in [2.24, 2.45) is 5.41 Å². The molecule has 0 saturated carbocycles. The second-order valence-corrected chi connectivity index (χ2v) is 5.91. The van der Waals surface area contributed by atoms with Gasteiger partial charge in [-0.25, -0.2) is 8.42 Å². The molecule has 0 radical (unpaired) electrons. The van der Waals surface area contributed by atoms with E-state index >= 15 is 0 Å². The van der Waals surface area contributed by atoms with Gasteiger partial charge in [0.2, 0.25) is 0 Å². The number of carbonyl (C=O) groups is 1. The number of hydrogen-bond acceptors (Lipinski definition) is 3. The first-order valence-corrected chi connectivity index (χ1v) is 5.57. The molecule has 1 rings (SSSR count). The predicted octanol–water partition coefficient (Wildman–Crippen LogP) is 0.286. The number of carboxylic acid groups (broad SMARTS) is 1. The summed E-state index contributed by atoms with van der Waals surface area (Å²) < 4.78 is 22.1. The van der Waals surface area contributed by atoms with Gasteiger partial charge in [-0.05, 0) is 11.8 Å². The molecule has 1 N–H and O–H groups in total. The lowest BCUT2D eigenvalue weighted by molar-refractivity contribution is -0.139. The van der Waals surface area contributed by atoms with Crippen molar-refractivity contribution in [2.45, 2.75) is 19.8 Å². The van der Waals surface area contributed by atoms with Crippen LogP contribution in [0.4, 0.5) is 0 Å². The first-order valence-electron chi connectivity index (χ1n) is 3.75. The molecular weight excluding hydrogens is 180 g/mol. The maximum Gasteiger partial charge on any atom is 0.303 e. The van der Waals surface area contributed by atoms with E-state index < -0.39 is 21.2 Å². The smallest absolute Gasteiger partial charge is 0.303 e. The van der Waals surface area contributed by atoms with Crippen molar-refractivity contribution in [3.63, 3.8) is 0 Å². The van der Waals surface area contributed by atoms with E-state index in [4.69, 9.17) is 5.11 Å². The van der Waals surface area contributed by atoms with Gasteiger partial charge in [0, 0.05) is 0 Å². The van der Waals surface area contributed by atoms with Gasteiger partial charge in [-0.15, -0.1) is 0 Å². The molecule has 1 saturated heterocycles. The third kappa shape index (κ3) is 2.20. The van der Waals surface area contributed by atoms with E-state index in [-0.39, 0.29) is 17.9 Å². The van der Waals surface area contributed by atoms with Gasteiger partial charge in [0.1, 0.15) is 0 Å². The van der Waals surface area contributed by atoms with Gasteiger partial charge >= 0.3 is 5.97 Å². The Morgan fingerprint density at radius 2 is 2.17 bits per heavy atom. The van der Waals surface area contributed by atoms with Crippen molar-refractivity contribution in [3.8, 4) is 0 Å². The van der Waals surface area contributed by atoms with Crippen LogP contribution in [0.2, 0.25) is 0 Å². The van der Waals surface area contributed by atoms with Crippen LogP contribution in [0, 0.1) is 5.41 Å². The van der Waals surface area contributed by atoms with Gasteiger partial charge in [0.25, 0.3) is 0 Å². The minimum atomic E-state index is -2.96. The van der Waals surface area contributed by atoms with Crippen LogP contribution in [0.5, 0.6) is 0 Å². The van der Waals surface area contributed by atoms with E-state index in [1.807, 2.05) is 0 Å².